The molecule has 0 aliphatic carbocycles. The molecule has 0 bridgehead atoms. The summed E-state index contributed by atoms with van der Waals surface area (Å²) in [6.07, 6.45) is 0.842. The summed E-state index contributed by atoms with van der Waals surface area (Å²) in [4.78, 5) is 15.1. The summed E-state index contributed by atoms with van der Waals surface area (Å²) in [7, 11) is -2.62. The Bertz CT molecular complexity index is 619. The quantitative estimate of drug-likeness (QED) is 0.695. The van der Waals surface area contributed by atoms with Gasteiger partial charge < -0.3 is 19.1 Å². The molecule has 1 unspecified atom stereocenters. The predicted molar refractivity (Wildman–Crippen MR) is 112 cm³/mol. The molecule has 0 spiro atoms. The number of carbonyl (C=O) groups is 1. The van der Waals surface area contributed by atoms with Crippen LogP contribution in [0.4, 0.5) is 0 Å². The second-order valence-electron chi connectivity index (χ2n) is 7.04. The molecule has 1 aromatic rings. The van der Waals surface area contributed by atoms with Crippen molar-refractivity contribution < 1.29 is 27.4 Å². The third-order valence-corrected chi connectivity index (χ3v) is 4.27. The third kappa shape index (κ3) is 11.9. The first-order valence-electron chi connectivity index (χ1n) is 9.87. The van der Waals surface area contributed by atoms with E-state index in [9.17, 15) is 4.79 Å². The van der Waals surface area contributed by atoms with E-state index < -0.39 is 10.9 Å². The number of hydrogen-bond donors (Lipinski definition) is 2. The van der Waals surface area contributed by atoms with Crippen molar-refractivity contribution in [2.45, 2.75) is 26.2 Å². The van der Waals surface area contributed by atoms with E-state index in [4.69, 9.17) is 22.6 Å². The minimum atomic E-state index is -2.62. The first kappa shape index (κ1) is 25.5. The normalized spacial score (nSPS) is 17.6. The minimum absolute atomic E-state index is 0.113. The summed E-state index contributed by atoms with van der Waals surface area (Å²) in [5.41, 5.74) is 1.09. The molecule has 1 aliphatic rings. The van der Waals surface area contributed by atoms with Crippen molar-refractivity contribution >= 4 is 16.8 Å². The largest absolute Gasteiger partial charge is 0.377 e. The number of thiol groups is 1. The number of nitrogens with two attached hydrogens (primary N) is 1. The predicted octanol–water partition coefficient (Wildman–Crippen LogP) is 1.18. The zero-order valence-corrected chi connectivity index (χ0v) is 18.2. The zero-order chi connectivity index (χ0) is 21.5. The Morgan fingerprint density at radius 1 is 0.966 bits per heavy atom. The third-order valence-electron chi connectivity index (χ3n) is 4.27. The van der Waals surface area contributed by atoms with Gasteiger partial charge in [-0.15, -0.1) is 0 Å². The SMILES string of the molecule is CC(C)CC(C(=O)N1CCOCCOCCOCC1)c1ccccc1.N[SH](=O)=O. The Morgan fingerprint density at radius 2 is 1.41 bits per heavy atom. The average molecular weight is 431 g/mol. The van der Waals surface area contributed by atoms with Crippen LogP contribution in [-0.2, 0) is 29.9 Å². The molecule has 166 valence electrons. The maximum absolute atomic E-state index is 13.2. The van der Waals surface area contributed by atoms with Gasteiger partial charge in [-0.05, 0) is 17.9 Å². The molecule has 2 rings (SSSR count). The molecule has 1 amide bonds. The lowest BCUT2D eigenvalue weighted by Crippen LogP contribution is -2.40. The fraction of sp³-hybridized carbons (Fsp3) is 0.650. The summed E-state index contributed by atoms with van der Waals surface area (Å²) in [5, 5.41) is 4.06. The Balaban J connectivity index is 0.000000960. The molecule has 8 nitrogen and oxygen atoms in total. The van der Waals surface area contributed by atoms with Crippen molar-refractivity contribution in [2.75, 3.05) is 52.7 Å². The topological polar surface area (TPSA) is 108 Å². The number of amides is 1. The van der Waals surface area contributed by atoms with Crippen LogP contribution in [0.25, 0.3) is 0 Å². The van der Waals surface area contributed by atoms with E-state index in [2.05, 4.69) is 19.0 Å². The second-order valence-corrected chi connectivity index (χ2v) is 7.61. The van der Waals surface area contributed by atoms with Crippen LogP contribution < -0.4 is 5.14 Å². The van der Waals surface area contributed by atoms with E-state index in [1.165, 1.54) is 0 Å². The molecule has 1 fully saturated rings. The molecule has 1 aliphatic heterocycles. The Morgan fingerprint density at radius 3 is 1.86 bits per heavy atom. The Kier molecular flexibility index (Phi) is 13.5. The van der Waals surface area contributed by atoms with Gasteiger partial charge in [-0.3, -0.25) is 4.79 Å². The zero-order valence-electron chi connectivity index (χ0n) is 17.3. The molecule has 9 heteroatoms. The van der Waals surface area contributed by atoms with Crippen LogP contribution >= 0.6 is 0 Å². The number of benzene rings is 1. The lowest BCUT2D eigenvalue weighted by atomic mass is 9.89. The van der Waals surface area contributed by atoms with Gasteiger partial charge in [0.25, 0.3) is 0 Å². The summed E-state index contributed by atoms with van der Waals surface area (Å²) < 4.78 is 34.2. The molecule has 1 saturated heterocycles. The number of ether oxygens (including phenoxy) is 3. The Hall–Kier alpha value is -1.52. The van der Waals surface area contributed by atoms with Gasteiger partial charge in [0.15, 0.2) is 10.9 Å². The molecule has 2 N–H and O–H groups in total. The standard InChI is InChI=1S/C20H31NO4.H3NO2S/c1-17(2)16-19(18-6-4-3-5-7-18)20(22)21-8-10-23-12-14-25-15-13-24-11-9-21;1-4(2)3/h3-7,17,19H,8-16H2,1-2H3;4H,(H2,1,2,3). The molecule has 1 heterocycles. The number of nitrogens with zero attached hydrogens (tertiary/aromatic N) is 1. The van der Waals surface area contributed by atoms with Gasteiger partial charge in [0.2, 0.25) is 5.91 Å². The average Bonchev–Trinajstić information content (AvgIpc) is 2.66. The highest BCUT2D eigenvalue weighted by Crippen LogP contribution is 2.26. The molecule has 29 heavy (non-hydrogen) atoms. The van der Waals surface area contributed by atoms with E-state index in [1.807, 2.05) is 35.2 Å². The van der Waals surface area contributed by atoms with Crippen molar-refractivity contribution in [3.63, 3.8) is 0 Å². The fourth-order valence-electron chi connectivity index (χ4n) is 2.98. The van der Waals surface area contributed by atoms with Crippen molar-refractivity contribution in [2.24, 2.45) is 11.1 Å². The fourth-order valence-corrected chi connectivity index (χ4v) is 2.98. The molecular weight excluding hydrogens is 396 g/mol. The van der Waals surface area contributed by atoms with Gasteiger partial charge in [-0.25, -0.2) is 13.6 Å². The highest BCUT2D eigenvalue weighted by atomic mass is 32.2. The van der Waals surface area contributed by atoms with Crippen LogP contribution in [0.3, 0.4) is 0 Å². The van der Waals surface area contributed by atoms with Crippen LogP contribution in [0.15, 0.2) is 30.3 Å². The van der Waals surface area contributed by atoms with Gasteiger partial charge in [0.05, 0.1) is 45.6 Å². The second kappa shape index (κ2) is 15.3. The molecule has 0 aromatic heterocycles. The number of hydrogen-bond acceptors (Lipinski definition) is 6. The van der Waals surface area contributed by atoms with Crippen molar-refractivity contribution in [3.8, 4) is 0 Å². The first-order valence-corrected chi connectivity index (χ1v) is 11.1. The van der Waals surface area contributed by atoms with E-state index in [1.54, 1.807) is 0 Å². The van der Waals surface area contributed by atoms with E-state index in [0.29, 0.717) is 58.6 Å². The molecule has 1 atom stereocenters. The van der Waals surface area contributed by atoms with Gasteiger partial charge >= 0.3 is 0 Å². The highest BCUT2D eigenvalue weighted by Gasteiger charge is 2.26. The van der Waals surface area contributed by atoms with Gasteiger partial charge in [-0.1, -0.05) is 44.2 Å². The monoisotopic (exact) mass is 430 g/mol. The van der Waals surface area contributed by atoms with Crippen LogP contribution in [0.1, 0.15) is 31.7 Å². The van der Waals surface area contributed by atoms with Crippen LogP contribution in [0.2, 0.25) is 0 Å². The summed E-state index contributed by atoms with van der Waals surface area (Å²) >= 11 is 0. The highest BCUT2D eigenvalue weighted by molar-refractivity contribution is 7.69. The van der Waals surface area contributed by atoms with E-state index in [0.717, 1.165) is 12.0 Å². The summed E-state index contributed by atoms with van der Waals surface area (Å²) in [5.74, 6) is 0.504. The van der Waals surface area contributed by atoms with E-state index >= 15 is 0 Å². The van der Waals surface area contributed by atoms with Crippen molar-refractivity contribution in [1.82, 2.24) is 4.90 Å². The van der Waals surface area contributed by atoms with Crippen LogP contribution in [-0.4, -0.2) is 72.0 Å². The summed E-state index contributed by atoms with van der Waals surface area (Å²) in [6.45, 7) is 8.78. The van der Waals surface area contributed by atoms with Crippen LogP contribution in [0, 0.1) is 5.92 Å². The molecular formula is C20H34N2O6S. The van der Waals surface area contributed by atoms with E-state index in [-0.39, 0.29) is 11.8 Å². The van der Waals surface area contributed by atoms with Gasteiger partial charge in [-0.2, -0.15) is 0 Å². The lowest BCUT2D eigenvalue weighted by Gasteiger charge is -2.29. The van der Waals surface area contributed by atoms with Crippen molar-refractivity contribution in [3.05, 3.63) is 35.9 Å². The number of carbonyl (C=O) groups excluding carboxylic acids is 1. The van der Waals surface area contributed by atoms with Gasteiger partial charge in [0, 0.05) is 13.1 Å². The molecule has 0 saturated carbocycles. The summed E-state index contributed by atoms with van der Waals surface area (Å²) in [6, 6.07) is 10.1. The maximum Gasteiger partial charge on any atom is 0.230 e. The van der Waals surface area contributed by atoms with Crippen LogP contribution in [0.5, 0.6) is 0 Å². The number of rotatable bonds is 4. The van der Waals surface area contributed by atoms with Gasteiger partial charge in [0.1, 0.15) is 0 Å². The minimum Gasteiger partial charge on any atom is -0.377 e. The molecule has 1 aromatic carbocycles. The van der Waals surface area contributed by atoms with Crippen molar-refractivity contribution in [1.29, 1.82) is 0 Å². The first-order chi connectivity index (χ1) is 13.9. The maximum atomic E-state index is 13.2. The lowest BCUT2D eigenvalue weighted by molar-refractivity contribution is -0.135. The molecule has 0 radical (unpaired) electrons. The Labute approximate surface area is 175 Å². The smallest absolute Gasteiger partial charge is 0.230 e.